The summed E-state index contributed by atoms with van der Waals surface area (Å²) in [6.45, 7) is 5.47. The lowest BCUT2D eigenvalue weighted by Gasteiger charge is -2.47. The van der Waals surface area contributed by atoms with Crippen molar-refractivity contribution in [2.45, 2.75) is 13.8 Å². The largest absolute Gasteiger partial charge is 0.399 e. The maximum atomic E-state index is 13.5. The first kappa shape index (κ1) is 10.2. The molecule has 0 spiro atoms. The normalized spacial score (nSPS) is 18.8. The van der Waals surface area contributed by atoms with Crippen molar-refractivity contribution in [3.63, 3.8) is 0 Å². The topological polar surface area (TPSA) is 29.3 Å². The number of nitrogens with zero attached hydrogens (tertiary/aromatic N) is 1. The predicted octanol–water partition coefficient (Wildman–Crippen LogP) is 2.39. The van der Waals surface area contributed by atoms with Crippen LogP contribution in [0.15, 0.2) is 12.1 Å². The SMILES string of the molecule is CC1(C)CN(c2c(F)cc(N)cc2F)C1. The van der Waals surface area contributed by atoms with Crippen LogP contribution in [-0.4, -0.2) is 13.1 Å². The Morgan fingerprint density at radius 1 is 1.20 bits per heavy atom. The molecule has 15 heavy (non-hydrogen) atoms. The predicted molar refractivity (Wildman–Crippen MR) is 56.8 cm³/mol. The molecule has 1 aliphatic heterocycles. The molecule has 1 aliphatic rings. The van der Waals surface area contributed by atoms with Crippen LogP contribution in [0.1, 0.15) is 13.8 Å². The molecule has 2 nitrogen and oxygen atoms in total. The maximum Gasteiger partial charge on any atom is 0.151 e. The molecule has 2 N–H and O–H groups in total. The molecule has 0 unspecified atom stereocenters. The summed E-state index contributed by atoms with van der Waals surface area (Å²) < 4.78 is 26.9. The highest BCUT2D eigenvalue weighted by atomic mass is 19.1. The molecule has 1 aromatic carbocycles. The van der Waals surface area contributed by atoms with Crippen molar-refractivity contribution >= 4 is 11.4 Å². The third-order valence-corrected chi connectivity index (χ3v) is 2.59. The van der Waals surface area contributed by atoms with E-state index in [0.29, 0.717) is 13.1 Å². The van der Waals surface area contributed by atoms with Crippen LogP contribution in [0.25, 0.3) is 0 Å². The van der Waals surface area contributed by atoms with Gasteiger partial charge in [0.05, 0.1) is 0 Å². The van der Waals surface area contributed by atoms with E-state index >= 15 is 0 Å². The van der Waals surface area contributed by atoms with Crippen LogP contribution in [0.4, 0.5) is 20.2 Å². The van der Waals surface area contributed by atoms with Crippen molar-refractivity contribution in [2.75, 3.05) is 23.7 Å². The van der Waals surface area contributed by atoms with E-state index in [1.807, 2.05) is 0 Å². The molecule has 82 valence electrons. The second-order valence-electron chi connectivity index (χ2n) is 4.85. The van der Waals surface area contributed by atoms with Gasteiger partial charge in [-0.1, -0.05) is 13.8 Å². The Labute approximate surface area is 87.7 Å². The van der Waals surface area contributed by atoms with E-state index < -0.39 is 11.6 Å². The number of halogens is 2. The van der Waals surface area contributed by atoms with Gasteiger partial charge in [-0.2, -0.15) is 0 Å². The first-order chi connectivity index (χ1) is 6.89. The fraction of sp³-hybridized carbons (Fsp3) is 0.455. The van der Waals surface area contributed by atoms with Gasteiger partial charge in [-0.05, 0) is 17.5 Å². The molecule has 4 heteroatoms. The monoisotopic (exact) mass is 212 g/mol. The number of anilines is 2. The van der Waals surface area contributed by atoms with Crippen LogP contribution >= 0.6 is 0 Å². The number of hydrogen-bond donors (Lipinski definition) is 1. The van der Waals surface area contributed by atoms with Crippen LogP contribution in [0.5, 0.6) is 0 Å². The fourth-order valence-corrected chi connectivity index (χ4v) is 2.03. The molecule has 0 amide bonds. The van der Waals surface area contributed by atoms with Crippen molar-refractivity contribution < 1.29 is 8.78 Å². The van der Waals surface area contributed by atoms with Gasteiger partial charge in [0.2, 0.25) is 0 Å². The fourth-order valence-electron chi connectivity index (χ4n) is 2.03. The van der Waals surface area contributed by atoms with Gasteiger partial charge in [0.1, 0.15) is 5.69 Å². The molecule has 0 bridgehead atoms. The maximum absolute atomic E-state index is 13.5. The Bertz CT molecular complexity index is 371. The van der Waals surface area contributed by atoms with Crippen LogP contribution in [0, 0.1) is 17.0 Å². The lowest BCUT2D eigenvalue weighted by Crippen LogP contribution is -2.53. The van der Waals surface area contributed by atoms with Crippen LogP contribution in [-0.2, 0) is 0 Å². The molecule has 2 rings (SSSR count). The molecule has 1 fully saturated rings. The molecular weight excluding hydrogens is 198 g/mol. The highest BCUT2D eigenvalue weighted by molar-refractivity contribution is 5.57. The Kier molecular flexibility index (Phi) is 2.10. The third kappa shape index (κ3) is 1.76. The van der Waals surface area contributed by atoms with Gasteiger partial charge in [0, 0.05) is 18.8 Å². The minimum absolute atomic E-state index is 0.0449. The van der Waals surface area contributed by atoms with Gasteiger partial charge in [0.15, 0.2) is 11.6 Å². The molecule has 0 aliphatic carbocycles. The average Bonchev–Trinajstić information content (AvgIpc) is 1.98. The van der Waals surface area contributed by atoms with Crippen molar-refractivity contribution in [3.8, 4) is 0 Å². The minimum Gasteiger partial charge on any atom is -0.399 e. The molecule has 0 saturated carbocycles. The van der Waals surface area contributed by atoms with Crippen LogP contribution in [0.2, 0.25) is 0 Å². The zero-order valence-corrected chi connectivity index (χ0v) is 8.85. The quantitative estimate of drug-likeness (QED) is 0.724. The summed E-state index contributed by atoms with van der Waals surface area (Å²) >= 11 is 0. The number of rotatable bonds is 1. The Morgan fingerprint density at radius 2 is 1.67 bits per heavy atom. The van der Waals surface area contributed by atoms with E-state index in [-0.39, 0.29) is 16.8 Å². The van der Waals surface area contributed by atoms with Gasteiger partial charge in [0.25, 0.3) is 0 Å². The second kappa shape index (κ2) is 3.08. The van der Waals surface area contributed by atoms with Crippen LogP contribution in [0.3, 0.4) is 0 Å². The van der Waals surface area contributed by atoms with Gasteiger partial charge < -0.3 is 10.6 Å². The summed E-state index contributed by atoms with van der Waals surface area (Å²) in [5.74, 6) is -1.16. The van der Waals surface area contributed by atoms with Gasteiger partial charge in [-0.3, -0.25) is 0 Å². The van der Waals surface area contributed by atoms with E-state index in [9.17, 15) is 8.78 Å². The zero-order valence-electron chi connectivity index (χ0n) is 8.85. The number of nitrogen functional groups attached to an aromatic ring is 1. The third-order valence-electron chi connectivity index (χ3n) is 2.59. The van der Waals surface area contributed by atoms with Crippen molar-refractivity contribution in [1.29, 1.82) is 0 Å². The van der Waals surface area contributed by atoms with E-state index in [1.165, 1.54) is 0 Å². The Hall–Kier alpha value is -1.32. The number of benzene rings is 1. The number of nitrogens with two attached hydrogens (primary N) is 1. The molecular formula is C11H14F2N2. The second-order valence-corrected chi connectivity index (χ2v) is 4.85. The summed E-state index contributed by atoms with van der Waals surface area (Å²) in [4.78, 5) is 1.70. The molecule has 1 heterocycles. The summed E-state index contributed by atoms with van der Waals surface area (Å²) in [5.41, 5.74) is 5.65. The molecule has 0 aromatic heterocycles. The summed E-state index contributed by atoms with van der Waals surface area (Å²) in [6.07, 6.45) is 0. The first-order valence-electron chi connectivity index (χ1n) is 4.88. The number of hydrogen-bond acceptors (Lipinski definition) is 2. The zero-order chi connectivity index (χ0) is 11.2. The summed E-state index contributed by atoms with van der Waals surface area (Å²) in [5, 5.41) is 0. The minimum atomic E-state index is -0.581. The van der Waals surface area contributed by atoms with Crippen molar-refractivity contribution in [1.82, 2.24) is 0 Å². The van der Waals surface area contributed by atoms with Crippen molar-refractivity contribution in [2.24, 2.45) is 5.41 Å². The lowest BCUT2D eigenvalue weighted by molar-refractivity contribution is 0.271. The van der Waals surface area contributed by atoms with E-state index in [0.717, 1.165) is 12.1 Å². The summed E-state index contributed by atoms with van der Waals surface area (Å²) in [6, 6.07) is 2.31. The highest BCUT2D eigenvalue weighted by Gasteiger charge is 2.36. The molecule has 1 aromatic rings. The molecule has 0 atom stereocenters. The smallest absolute Gasteiger partial charge is 0.151 e. The highest BCUT2D eigenvalue weighted by Crippen LogP contribution is 2.36. The van der Waals surface area contributed by atoms with E-state index in [1.54, 1.807) is 4.90 Å². The molecule has 1 saturated heterocycles. The van der Waals surface area contributed by atoms with Crippen LogP contribution < -0.4 is 10.6 Å². The summed E-state index contributed by atoms with van der Waals surface area (Å²) in [7, 11) is 0. The Morgan fingerprint density at radius 3 is 2.07 bits per heavy atom. The van der Waals surface area contributed by atoms with Gasteiger partial charge in [-0.15, -0.1) is 0 Å². The molecule has 0 radical (unpaired) electrons. The van der Waals surface area contributed by atoms with E-state index in [2.05, 4.69) is 13.8 Å². The standard InChI is InChI=1S/C11H14F2N2/c1-11(2)5-15(6-11)10-8(12)3-7(14)4-9(10)13/h3-4H,5-6,14H2,1-2H3. The van der Waals surface area contributed by atoms with Crippen molar-refractivity contribution in [3.05, 3.63) is 23.8 Å². The lowest BCUT2D eigenvalue weighted by atomic mass is 9.84. The Balaban J connectivity index is 2.30. The van der Waals surface area contributed by atoms with Gasteiger partial charge >= 0.3 is 0 Å². The first-order valence-corrected chi connectivity index (χ1v) is 4.88. The average molecular weight is 212 g/mol. The van der Waals surface area contributed by atoms with Gasteiger partial charge in [-0.25, -0.2) is 8.78 Å². The van der Waals surface area contributed by atoms with E-state index in [4.69, 9.17) is 5.73 Å².